The van der Waals surface area contributed by atoms with E-state index in [4.69, 9.17) is 0 Å². The molecule has 0 unspecified atom stereocenters. The van der Waals surface area contributed by atoms with Gasteiger partial charge in [0.05, 0.1) is 0 Å². The van der Waals surface area contributed by atoms with E-state index in [1.165, 1.54) is 0 Å². The minimum Gasteiger partial charge on any atom is -0.303 e. The normalized spacial score (nSPS) is 22.6. The van der Waals surface area contributed by atoms with E-state index in [9.17, 15) is 13.6 Å². The second-order valence-corrected chi connectivity index (χ2v) is 3.64. The first-order valence-corrected chi connectivity index (χ1v) is 4.43. The molecule has 1 saturated carbocycles. The first-order valence-electron chi connectivity index (χ1n) is 4.43. The van der Waals surface area contributed by atoms with Crippen molar-refractivity contribution in [2.75, 3.05) is 0 Å². The fraction of sp³-hybridized carbons (Fsp3) is 0.889. The summed E-state index contributed by atoms with van der Waals surface area (Å²) in [5, 5.41) is 0. The molecule has 0 aromatic carbocycles. The van der Waals surface area contributed by atoms with Gasteiger partial charge in [-0.1, -0.05) is 19.3 Å². The van der Waals surface area contributed by atoms with Crippen LogP contribution in [0.15, 0.2) is 0 Å². The Kier molecular flexibility index (Phi) is 3.18. The number of hydrogen-bond donors (Lipinski definition) is 0. The molecule has 0 atom stereocenters. The summed E-state index contributed by atoms with van der Waals surface area (Å²) < 4.78 is 24.2. The van der Waals surface area contributed by atoms with Crippen molar-refractivity contribution in [3.05, 3.63) is 0 Å². The van der Waals surface area contributed by atoms with Gasteiger partial charge in [-0.25, -0.2) is 8.78 Å². The number of alkyl halides is 2. The predicted molar refractivity (Wildman–Crippen MR) is 42.2 cm³/mol. The molecule has 1 aliphatic carbocycles. The SMILES string of the molecule is O=CC1(CC(F)F)CCCCC1. The second-order valence-electron chi connectivity index (χ2n) is 3.64. The van der Waals surface area contributed by atoms with Crippen LogP contribution in [0.4, 0.5) is 8.78 Å². The topological polar surface area (TPSA) is 17.1 Å². The minimum atomic E-state index is -2.34. The molecule has 0 amide bonds. The molecule has 0 saturated heterocycles. The van der Waals surface area contributed by atoms with Crippen LogP contribution in [0, 0.1) is 5.41 Å². The van der Waals surface area contributed by atoms with Gasteiger partial charge in [-0.2, -0.15) is 0 Å². The minimum absolute atomic E-state index is 0.240. The highest BCUT2D eigenvalue weighted by Gasteiger charge is 2.34. The maximum atomic E-state index is 12.1. The van der Waals surface area contributed by atoms with Crippen LogP contribution in [0.2, 0.25) is 0 Å². The van der Waals surface area contributed by atoms with Gasteiger partial charge in [0.1, 0.15) is 6.29 Å². The lowest BCUT2D eigenvalue weighted by Gasteiger charge is -2.31. The molecule has 0 aromatic heterocycles. The number of carbonyl (C=O) groups is 1. The highest BCUT2D eigenvalue weighted by Crippen LogP contribution is 2.38. The summed E-state index contributed by atoms with van der Waals surface area (Å²) in [6.07, 6.45) is 2.40. The fourth-order valence-corrected chi connectivity index (χ4v) is 1.93. The summed E-state index contributed by atoms with van der Waals surface area (Å²) in [5.41, 5.74) is -0.688. The van der Waals surface area contributed by atoms with Crippen molar-refractivity contribution in [3.63, 3.8) is 0 Å². The number of hydrogen-bond acceptors (Lipinski definition) is 1. The Morgan fingerprint density at radius 2 is 1.83 bits per heavy atom. The van der Waals surface area contributed by atoms with Crippen molar-refractivity contribution in [2.24, 2.45) is 5.41 Å². The Morgan fingerprint density at radius 3 is 2.25 bits per heavy atom. The van der Waals surface area contributed by atoms with E-state index in [-0.39, 0.29) is 6.42 Å². The third-order valence-electron chi connectivity index (χ3n) is 2.66. The average molecular weight is 176 g/mol. The summed E-state index contributed by atoms with van der Waals surface area (Å²) >= 11 is 0. The van der Waals surface area contributed by atoms with Gasteiger partial charge in [-0.3, -0.25) is 0 Å². The van der Waals surface area contributed by atoms with Crippen LogP contribution >= 0.6 is 0 Å². The maximum Gasteiger partial charge on any atom is 0.239 e. The largest absolute Gasteiger partial charge is 0.303 e. The van der Waals surface area contributed by atoms with E-state index >= 15 is 0 Å². The molecule has 70 valence electrons. The molecular weight excluding hydrogens is 162 g/mol. The Bertz CT molecular complexity index is 151. The van der Waals surface area contributed by atoms with Gasteiger partial charge in [0.15, 0.2) is 0 Å². The van der Waals surface area contributed by atoms with Crippen molar-refractivity contribution in [1.29, 1.82) is 0 Å². The van der Waals surface area contributed by atoms with Gasteiger partial charge in [-0.15, -0.1) is 0 Å². The lowest BCUT2D eigenvalue weighted by molar-refractivity contribution is -0.120. The highest BCUT2D eigenvalue weighted by atomic mass is 19.3. The molecule has 3 heteroatoms. The molecule has 1 fully saturated rings. The molecule has 1 rings (SSSR count). The zero-order valence-corrected chi connectivity index (χ0v) is 7.06. The molecule has 0 heterocycles. The lowest BCUT2D eigenvalue weighted by atomic mass is 9.73. The Hall–Kier alpha value is -0.470. The molecule has 1 aliphatic rings. The zero-order valence-electron chi connectivity index (χ0n) is 7.06. The van der Waals surface area contributed by atoms with E-state index in [2.05, 4.69) is 0 Å². The van der Waals surface area contributed by atoms with Crippen LogP contribution < -0.4 is 0 Å². The van der Waals surface area contributed by atoms with Gasteiger partial charge in [0.25, 0.3) is 0 Å². The van der Waals surface area contributed by atoms with Gasteiger partial charge in [0, 0.05) is 11.8 Å². The summed E-state index contributed by atoms with van der Waals surface area (Å²) in [6, 6.07) is 0. The molecule has 0 radical (unpaired) electrons. The summed E-state index contributed by atoms with van der Waals surface area (Å²) in [6.45, 7) is 0. The fourth-order valence-electron chi connectivity index (χ4n) is 1.93. The van der Waals surface area contributed by atoms with Crippen LogP contribution in [-0.2, 0) is 4.79 Å². The first-order chi connectivity index (χ1) is 5.68. The number of carbonyl (C=O) groups excluding carboxylic acids is 1. The Balaban J connectivity index is 2.53. The van der Waals surface area contributed by atoms with Crippen LogP contribution in [0.3, 0.4) is 0 Å². The van der Waals surface area contributed by atoms with Crippen molar-refractivity contribution >= 4 is 6.29 Å². The lowest BCUT2D eigenvalue weighted by Crippen LogP contribution is -2.28. The molecule has 0 aliphatic heterocycles. The molecular formula is C9H14F2O. The highest BCUT2D eigenvalue weighted by molar-refractivity contribution is 5.59. The van der Waals surface area contributed by atoms with Crippen molar-refractivity contribution in [2.45, 2.75) is 45.0 Å². The average Bonchev–Trinajstić information content (AvgIpc) is 2.05. The van der Waals surface area contributed by atoms with Gasteiger partial charge in [0.2, 0.25) is 6.43 Å². The third-order valence-corrected chi connectivity index (χ3v) is 2.66. The van der Waals surface area contributed by atoms with Gasteiger partial charge >= 0.3 is 0 Å². The molecule has 1 nitrogen and oxygen atoms in total. The quantitative estimate of drug-likeness (QED) is 0.604. The van der Waals surface area contributed by atoms with Crippen molar-refractivity contribution in [3.8, 4) is 0 Å². The third kappa shape index (κ3) is 2.26. The standard InChI is InChI=1S/C9H14F2O/c10-8(11)6-9(7-12)4-2-1-3-5-9/h7-8H,1-6H2. The smallest absolute Gasteiger partial charge is 0.239 e. The Labute approximate surface area is 71.1 Å². The van der Waals surface area contributed by atoms with Crippen LogP contribution in [0.5, 0.6) is 0 Å². The van der Waals surface area contributed by atoms with E-state index in [1.54, 1.807) is 0 Å². The molecule has 0 bridgehead atoms. The monoisotopic (exact) mass is 176 g/mol. The summed E-state index contributed by atoms with van der Waals surface area (Å²) in [7, 11) is 0. The van der Waals surface area contributed by atoms with Crippen LogP contribution in [-0.4, -0.2) is 12.7 Å². The number of aldehydes is 1. The van der Waals surface area contributed by atoms with Crippen LogP contribution in [0.25, 0.3) is 0 Å². The first kappa shape index (κ1) is 9.62. The predicted octanol–water partition coefficient (Wildman–Crippen LogP) is 2.79. The molecule has 0 N–H and O–H groups in total. The van der Waals surface area contributed by atoms with E-state index in [0.717, 1.165) is 25.5 Å². The van der Waals surface area contributed by atoms with E-state index < -0.39 is 11.8 Å². The Morgan fingerprint density at radius 1 is 1.25 bits per heavy atom. The number of rotatable bonds is 3. The van der Waals surface area contributed by atoms with Crippen molar-refractivity contribution in [1.82, 2.24) is 0 Å². The van der Waals surface area contributed by atoms with E-state index in [0.29, 0.717) is 12.8 Å². The van der Waals surface area contributed by atoms with Gasteiger partial charge in [-0.05, 0) is 12.8 Å². The number of halogens is 2. The van der Waals surface area contributed by atoms with Crippen LogP contribution in [0.1, 0.15) is 38.5 Å². The van der Waals surface area contributed by atoms with Crippen molar-refractivity contribution < 1.29 is 13.6 Å². The zero-order chi connectivity index (χ0) is 9.03. The van der Waals surface area contributed by atoms with Gasteiger partial charge < -0.3 is 4.79 Å². The second kappa shape index (κ2) is 3.97. The summed E-state index contributed by atoms with van der Waals surface area (Å²) in [4.78, 5) is 10.7. The van der Waals surface area contributed by atoms with E-state index in [1.807, 2.05) is 0 Å². The molecule has 0 aromatic rings. The summed E-state index contributed by atoms with van der Waals surface area (Å²) in [5.74, 6) is 0. The maximum absolute atomic E-state index is 12.1. The molecule has 0 spiro atoms. The molecule has 12 heavy (non-hydrogen) atoms.